The van der Waals surface area contributed by atoms with E-state index in [1.54, 1.807) is 54.7 Å². The van der Waals surface area contributed by atoms with E-state index in [2.05, 4.69) is 65.5 Å². The summed E-state index contributed by atoms with van der Waals surface area (Å²) in [6.07, 6.45) is 1.67. The summed E-state index contributed by atoms with van der Waals surface area (Å²) in [7, 11) is 6.62. The van der Waals surface area contributed by atoms with E-state index in [9.17, 15) is 10.2 Å². The van der Waals surface area contributed by atoms with Crippen LogP contribution in [-0.4, -0.2) is 67.4 Å². The molecule has 8 nitrogen and oxygen atoms in total. The van der Waals surface area contributed by atoms with E-state index in [1.807, 2.05) is 36.4 Å². The highest BCUT2D eigenvalue weighted by Gasteiger charge is 2.11. The van der Waals surface area contributed by atoms with Crippen molar-refractivity contribution in [2.45, 2.75) is 6.92 Å². The Balaban J connectivity index is 1.42. The Morgan fingerprint density at radius 1 is 0.707 bits per heavy atom. The molecule has 0 atom stereocenters. The number of azo groups is 1. The fourth-order valence-corrected chi connectivity index (χ4v) is 4.04. The summed E-state index contributed by atoms with van der Waals surface area (Å²) in [4.78, 5) is 2.37. The predicted molar refractivity (Wildman–Crippen MR) is 167 cm³/mol. The van der Waals surface area contributed by atoms with Crippen molar-refractivity contribution in [2.75, 3.05) is 45.7 Å². The molecule has 2 N–H and O–H groups in total. The number of likely N-dealkylation sites (N-methyl/N-ethyl adjacent to an activating group) is 2. The maximum absolute atomic E-state index is 9.66. The van der Waals surface area contributed by atoms with Crippen molar-refractivity contribution >= 4 is 29.0 Å². The lowest BCUT2D eigenvalue weighted by molar-refractivity contribution is -0.868. The molecule has 0 saturated heterocycles. The normalized spacial score (nSPS) is 11.7. The molecular formula is C33H37N6O2+. The van der Waals surface area contributed by atoms with Crippen LogP contribution in [0.1, 0.15) is 23.6 Å². The van der Waals surface area contributed by atoms with Crippen LogP contribution in [0.2, 0.25) is 0 Å². The maximum Gasteiger partial charge on any atom is 0.115 e. The molecule has 4 rings (SSSR count). The summed E-state index contributed by atoms with van der Waals surface area (Å²) in [5.74, 6) is 0.344. The number of rotatable bonds is 11. The fraction of sp³-hybridized carbons (Fsp3) is 0.212. The second-order valence-corrected chi connectivity index (χ2v) is 10.7. The van der Waals surface area contributed by atoms with Gasteiger partial charge in [0.15, 0.2) is 0 Å². The number of aromatic hydroxyl groups is 2. The third kappa shape index (κ3) is 8.84. The molecule has 0 aliphatic heterocycles. The first-order chi connectivity index (χ1) is 19.7. The molecule has 0 saturated carbocycles. The Bertz CT molecular complexity index is 1440. The van der Waals surface area contributed by atoms with Crippen molar-refractivity contribution in [1.29, 1.82) is 0 Å². The van der Waals surface area contributed by atoms with Crippen LogP contribution in [0.3, 0.4) is 0 Å². The number of nitrogens with zero attached hydrogens (tertiary/aromatic N) is 6. The predicted octanol–water partition coefficient (Wildman–Crippen LogP) is 6.92. The molecule has 0 spiro atoms. The molecule has 0 aliphatic rings. The van der Waals surface area contributed by atoms with Gasteiger partial charge in [-0.3, -0.25) is 0 Å². The van der Waals surface area contributed by atoms with Crippen LogP contribution in [0.25, 0.3) is 0 Å². The average molecular weight is 550 g/mol. The molecule has 0 aromatic heterocycles. The zero-order valence-corrected chi connectivity index (χ0v) is 24.0. The molecule has 8 heteroatoms. The van der Waals surface area contributed by atoms with Gasteiger partial charge in [0.25, 0.3) is 0 Å². The van der Waals surface area contributed by atoms with E-state index in [4.69, 9.17) is 0 Å². The second kappa shape index (κ2) is 13.5. The van der Waals surface area contributed by atoms with Gasteiger partial charge in [0.05, 0.1) is 51.8 Å². The zero-order chi connectivity index (χ0) is 29.2. The van der Waals surface area contributed by atoms with Crippen LogP contribution in [-0.2, 0) is 0 Å². The van der Waals surface area contributed by atoms with Crippen LogP contribution >= 0.6 is 0 Å². The molecule has 0 aliphatic carbocycles. The summed E-state index contributed by atoms with van der Waals surface area (Å²) < 4.78 is 0.932. The SMILES string of the molecule is CCN(CC[N+](C)(C)C)c1ccc(N=Nc2ccc(/C=N/N=C(c3ccc(O)cc3)c3ccc(O)cc3)cc2)cc1. The third-order valence-electron chi connectivity index (χ3n) is 6.46. The van der Waals surface area contributed by atoms with E-state index >= 15 is 0 Å². The molecule has 0 unspecified atom stereocenters. The van der Waals surface area contributed by atoms with Crippen LogP contribution in [0, 0.1) is 0 Å². The Hall–Kier alpha value is -4.82. The van der Waals surface area contributed by atoms with E-state index in [0.29, 0.717) is 5.71 Å². The number of anilines is 1. The highest BCUT2D eigenvalue weighted by molar-refractivity contribution is 6.13. The van der Waals surface area contributed by atoms with Gasteiger partial charge in [-0.15, -0.1) is 5.10 Å². The highest BCUT2D eigenvalue weighted by Crippen LogP contribution is 2.23. The third-order valence-corrected chi connectivity index (χ3v) is 6.46. The smallest absolute Gasteiger partial charge is 0.115 e. The number of hydrogen-bond donors (Lipinski definition) is 2. The van der Waals surface area contributed by atoms with Crippen LogP contribution in [0.5, 0.6) is 11.5 Å². The van der Waals surface area contributed by atoms with E-state index in [0.717, 1.165) is 52.2 Å². The number of quaternary nitrogens is 1. The van der Waals surface area contributed by atoms with Gasteiger partial charge in [-0.2, -0.15) is 15.3 Å². The molecule has 0 radical (unpaired) electrons. The second-order valence-electron chi connectivity index (χ2n) is 10.7. The van der Waals surface area contributed by atoms with Crippen LogP contribution in [0.15, 0.2) is 117 Å². The minimum Gasteiger partial charge on any atom is -0.508 e. The van der Waals surface area contributed by atoms with Crippen molar-refractivity contribution in [3.8, 4) is 11.5 Å². The van der Waals surface area contributed by atoms with Gasteiger partial charge < -0.3 is 19.6 Å². The van der Waals surface area contributed by atoms with Gasteiger partial charge >= 0.3 is 0 Å². The monoisotopic (exact) mass is 549 g/mol. The van der Waals surface area contributed by atoms with Crippen molar-refractivity contribution in [3.05, 3.63) is 114 Å². The Morgan fingerprint density at radius 3 is 1.66 bits per heavy atom. The van der Waals surface area contributed by atoms with Gasteiger partial charge in [-0.25, -0.2) is 0 Å². The van der Waals surface area contributed by atoms with Gasteiger partial charge in [0.1, 0.15) is 17.2 Å². The molecule has 0 bridgehead atoms. The first-order valence-corrected chi connectivity index (χ1v) is 13.6. The van der Waals surface area contributed by atoms with Crippen molar-refractivity contribution in [1.82, 2.24) is 0 Å². The fourth-order valence-electron chi connectivity index (χ4n) is 4.04. The quantitative estimate of drug-likeness (QED) is 0.0921. The molecule has 41 heavy (non-hydrogen) atoms. The molecule has 210 valence electrons. The van der Waals surface area contributed by atoms with Crippen LogP contribution in [0.4, 0.5) is 17.1 Å². The molecule has 4 aromatic rings. The molecule has 0 heterocycles. The summed E-state index contributed by atoms with van der Waals surface area (Å²) >= 11 is 0. The Labute approximate surface area is 241 Å². The van der Waals surface area contributed by atoms with Gasteiger partial charge in [0.2, 0.25) is 0 Å². The molecule has 0 amide bonds. The van der Waals surface area contributed by atoms with E-state index in [-0.39, 0.29) is 11.5 Å². The summed E-state index contributed by atoms with van der Waals surface area (Å²) in [5, 5.41) is 36.8. The summed E-state index contributed by atoms with van der Waals surface area (Å²) in [6, 6.07) is 29.3. The first kappa shape index (κ1) is 29.2. The summed E-state index contributed by atoms with van der Waals surface area (Å²) in [5.41, 5.74) is 5.79. The Morgan fingerprint density at radius 2 is 1.20 bits per heavy atom. The van der Waals surface area contributed by atoms with E-state index in [1.165, 1.54) is 5.69 Å². The van der Waals surface area contributed by atoms with Gasteiger partial charge in [-0.05, 0) is 97.4 Å². The standard InChI is InChI=1S/C33H36N6O2/c1-5-38(22-23-39(2,3)4)30-16-14-29(15-17-30)36-35-28-12-6-25(7-13-28)24-34-37-33(26-8-18-31(40)19-9-26)27-10-20-32(41)21-11-27/h6-21,24H,5,22-23H2,1-4H3,(H-,36,37,40,41)/p+1. The minimum absolute atomic E-state index is 0.172. The van der Waals surface area contributed by atoms with Crippen LogP contribution < -0.4 is 4.90 Å². The topological polar surface area (TPSA) is 93.1 Å². The lowest BCUT2D eigenvalue weighted by atomic mass is 10.0. The molecule has 0 fully saturated rings. The lowest BCUT2D eigenvalue weighted by Gasteiger charge is -2.29. The average Bonchev–Trinajstić information content (AvgIpc) is 2.96. The molecule has 4 aromatic carbocycles. The highest BCUT2D eigenvalue weighted by atomic mass is 16.3. The zero-order valence-electron chi connectivity index (χ0n) is 24.0. The number of phenolic OH excluding ortho intramolecular Hbond substituents is 2. The van der Waals surface area contributed by atoms with Gasteiger partial charge in [0, 0.05) is 23.4 Å². The van der Waals surface area contributed by atoms with Crippen molar-refractivity contribution < 1.29 is 14.7 Å². The largest absolute Gasteiger partial charge is 0.508 e. The van der Waals surface area contributed by atoms with E-state index < -0.39 is 0 Å². The number of hydrogen-bond acceptors (Lipinski definition) is 7. The Kier molecular flexibility index (Phi) is 9.60. The first-order valence-electron chi connectivity index (χ1n) is 13.6. The maximum atomic E-state index is 9.66. The number of phenols is 2. The number of benzene rings is 4. The van der Waals surface area contributed by atoms with Crippen molar-refractivity contribution in [2.24, 2.45) is 20.4 Å². The minimum atomic E-state index is 0.172. The lowest BCUT2D eigenvalue weighted by Crippen LogP contribution is -2.42. The van der Waals surface area contributed by atoms with Crippen molar-refractivity contribution in [3.63, 3.8) is 0 Å². The molecular weight excluding hydrogens is 512 g/mol. The van der Waals surface area contributed by atoms with Gasteiger partial charge in [-0.1, -0.05) is 12.1 Å². The summed E-state index contributed by atoms with van der Waals surface area (Å²) in [6.45, 7) is 5.20.